The number of sulfonamides is 1. The molecule has 0 saturated carbocycles. The Bertz CT molecular complexity index is 1120. The molecule has 1 N–H and O–H groups in total. The summed E-state index contributed by atoms with van der Waals surface area (Å²) in [6.07, 6.45) is 0.972. The van der Waals surface area contributed by atoms with Crippen LogP contribution in [0.1, 0.15) is 26.3 Å². The molecule has 0 fully saturated rings. The first-order chi connectivity index (χ1) is 15.8. The van der Waals surface area contributed by atoms with Gasteiger partial charge in [-0.1, -0.05) is 66.8 Å². The van der Waals surface area contributed by atoms with Crippen molar-refractivity contribution in [2.24, 2.45) is 5.92 Å². The van der Waals surface area contributed by atoms with Gasteiger partial charge in [0.25, 0.3) is 0 Å². The summed E-state index contributed by atoms with van der Waals surface area (Å²) in [4.78, 5) is 27.6. The minimum Gasteiger partial charge on any atom is -0.354 e. The number of rotatable bonds is 10. The lowest BCUT2D eigenvalue weighted by molar-refractivity contribution is -0.139. The van der Waals surface area contributed by atoms with E-state index in [0.29, 0.717) is 11.6 Å². The molecule has 0 aromatic heterocycles. The van der Waals surface area contributed by atoms with Gasteiger partial charge in [0.15, 0.2) is 0 Å². The third-order valence-electron chi connectivity index (χ3n) is 5.00. The lowest BCUT2D eigenvalue weighted by atomic mass is 10.1. The van der Waals surface area contributed by atoms with Crippen molar-refractivity contribution in [1.82, 2.24) is 10.2 Å². The highest BCUT2D eigenvalue weighted by Gasteiger charge is 2.31. The van der Waals surface area contributed by atoms with E-state index in [1.54, 1.807) is 37.3 Å². The smallest absolute Gasteiger partial charge is 0.244 e. The van der Waals surface area contributed by atoms with Crippen LogP contribution in [0.4, 0.5) is 5.69 Å². The number of carbonyl (C=O) groups excluding carboxylic acids is 2. The van der Waals surface area contributed by atoms with Gasteiger partial charge >= 0.3 is 0 Å². The summed E-state index contributed by atoms with van der Waals surface area (Å²) >= 11 is 18.3. The third kappa shape index (κ3) is 7.77. The summed E-state index contributed by atoms with van der Waals surface area (Å²) in [6.45, 7) is 5.47. The predicted octanol–water partition coefficient (Wildman–Crippen LogP) is 4.60. The summed E-state index contributed by atoms with van der Waals surface area (Å²) < 4.78 is 26.1. The molecular weight excluding hydrogens is 521 g/mol. The Kier molecular flexibility index (Phi) is 10.1. The number of carbonyl (C=O) groups is 2. The Balaban J connectivity index is 2.40. The van der Waals surface area contributed by atoms with Crippen LogP contribution in [0.3, 0.4) is 0 Å². The molecular formula is C23H28Cl3N3O4S. The van der Waals surface area contributed by atoms with Crippen molar-refractivity contribution < 1.29 is 18.0 Å². The molecule has 0 unspecified atom stereocenters. The van der Waals surface area contributed by atoms with Crippen molar-refractivity contribution >= 4 is 62.3 Å². The van der Waals surface area contributed by atoms with Gasteiger partial charge in [0.05, 0.1) is 22.0 Å². The van der Waals surface area contributed by atoms with Gasteiger partial charge in [0, 0.05) is 18.1 Å². The van der Waals surface area contributed by atoms with Crippen LogP contribution in [0.2, 0.25) is 15.1 Å². The summed E-state index contributed by atoms with van der Waals surface area (Å²) in [5.41, 5.74) is 0.807. The molecule has 2 amide bonds. The first-order valence-electron chi connectivity index (χ1n) is 10.5. The molecule has 7 nitrogen and oxygen atoms in total. The summed E-state index contributed by atoms with van der Waals surface area (Å²) in [5, 5.41) is 3.51. The third-order valence-corrected chi connectivity index (χ3v) is 7.18. The van der Waals surface area contributed by atoms with Gasteiger partial charge in [-0.2, -0.15) is 0 Å². The van der Waals surface area contributed by atoms with Crippen molar-refractivity contribution in [3.05, 3.63) is 63.1 Å². The van der Waals surface area contributed by atoms with E-state index in [1.165, 1.54) is 17.0 Å². The lowest BCUT2D eigenvalue weighted by Gasteiger charge is -2.32. The molecule has 34 heavy (non-hydrogen) atoms. The summed E-state index contributed by atoms with van der Waals surface area (Å²) in [5.74, 6) is -0.700. The largest absolute Gasteiger partial charge is 0.354 e. The van der Waals surface area contributed by atoms with Crippen LogP contribution < -0.4 is 9.62 Å². The molecule has 2 aromatic carbocycles. The normalized spacial score (nSPS) is 12.4. The number of benzene rings is 2. The highest BCUT2D eigenvalue weighted by atomic mass is 35.5. The number of nitrogens with one attached hydrogen (secondary N) is 1. The Labute approximate surface area is 216 Å². The van der Waals surface area contributed by atoms with E-state index < -0.39 is 28.5 Å². The molecule has 11 heteroatoms. The molecule has 0 saturated heterocycles. The average molecular weight is 549 g/mol. The summed E-state index contributed by atoms with van der Waals surface area (Å²) in [7, 11) is -3.91. The Morgan fingerprint density at radius 3 is 2.18 bits per heavy atom. The number of hydrogen-bond acceptors (Lipinski definition) is 4. The van der Waals surface area contributed by atoms with Gasteiger partial charge in [-0.05, 0) is 42.7 Å². The highest BCUT2D eigenvalue weighted by molar-refractivity contribution is 7.92. The molecule has 0 bridgehead atoms. The van der Waals surface area contributed by atoms with E-state index in [1.807, 2.05) is 13.8 Å². The molecule has 0 aliphatic carbocycles. The molecule has 0 aliphatic heterocycles. The first-order valence-corrected chi connectivity index (χ1v) is 13.5. The average Bonchev–Trinajstić information content (AvgIpc) is 2.76. The maximum Gasteiger partial charge on any atom is 0.244 e. The monoisotopic (exact) mass is 547 g/mol. The molecule has 0 spiro atoms. The van der Waals surface area contributed by atoms with Crippen molar-refractivity contribution in [1.29, 1.82) is 0 Å². The zero-order chi connectivity index (χ0) is 25.6. The highest BCUT2D eigenvalue weighted by Crippen LogP contribution is 2.33. The van der Waals surface area contributed by atoms with Gasteiger partial charge in [-0.25, -0.2) is 8.42 Å². The zero-order valence-electron chi connectivity index (χ0n) is 19.4. The lowest BCUT2D eigenvalue weighted by Crippen LogP contribution is -2.51. The molecule has 0 heterocycles. The first kappa shape index (κ1) is 28.2. The fraction of sp³-hybridized carbons (Fsp3) is 0.391. The van der Waals surface area contributed by atoms with Gasteiger partial charge in [0.2, 0.25) is 21.8 Å². The van der Waals surface area contributed by atoms with Crippen molar-refractivity contribution in [3.63, 3.8) is 0 Å². The standard InChI is InChI=1S/C23H28Cl3N3O4S/c1-15(2)12-27-23(31)16(3)28(13-17-8-10-18(24)11-9-17)21(30)14-29(34(4,32)33)20-7-5-6-19(25)22(20)26/h5-11,15-16H,12-14H2,1-4H3,(H,27,31)/t16-/m0/s1. The van der Waals surface area contributed by atoms with Crippen LogP contribution in [-0.4, -0.2) is 50.5 Å². The number of nitrogens with zero attached hydrogens (tertiary/aromatic N) is 2. The maximum absolute atomic E-state index is 13.5. The van der Waals surface area contributed by atoms with Gasteiger partial charge in [-0.3, -0.25) is 13.9 Å². The van der Waals surface area contributed by atoms with Gasteiger partial charge < -0.3 is 10.2 Å². The van der Waals surface area contributed by atoms with E-state index >= 15 is 0 Å². The zero-order valence-corrected chi connectivity index (χ0v) is 22.5. The second kappa shape index (κ2) is 12.1. The number of amides is 2. The van der Waals surface area contributed by atoms with E-state index in [0.717, 1.165) is 16.1 Å². The molecule has 186 valence electrons. The van der Waals surface area contributed by atoms with Gasteiger partial charge in [-0.15, -0.1) is 0 Å². The van der Waals surface area contributed by atoms with Crippen LogP contribution >= 0.6 is 34.8 Å². The second-order valence-corrected chi connectivity index (χ2v) is 11.4. The molecule has 1 atom stereocenters. The molecule has 2 rings (SSSR count). The van der Waals surface area contributed by atoms with Crippen molar-refractivity contribution in [2.45, 2.75) is 33.4 Å². The minimum absolute atomic E-state index is 0.00867. The fourth-order valence-corrected chi connectivity index (χ4v) is 4.53. The van der Waals surface area contributed by atoms with E-state index in [9.17, 15) is 18.0 Å². The van der Waals surface area contributed by atoms with E-state index in [4.69, 9.17) is 34.8 Å². The Morgan fingerprint density at radius 1 is 1.00 bits per heavy atom. The fourth-order valence-electron chi connectivity index (χ4n) is 3.10. The molecule has 2 aromatic rings. The Morgan fingerprint density at radius 2 is 1.62 bits per heavy atom. The maximum atomic E-state index is 13.5. The minimum atomic E-state index is -3.91. The van der Waals surface area contributed by atoms with Crippen LogP contribution in [0.25, 0.3) is 0 Å². The quantitative estimate of drug-likeness (QED) is 0.470. The second-order valence-electron chi connectivity index (χ2n) is 8.31. The molecule has 0 radical (unpaired) electrons. The predicted molar refractivity (Wildman–Crippen MR) is 138 cm³/mol. The number of anilines is 1. The SMILES string of the molecule is CC(C)CNC(=O)[C@H](C)N(Cc1ccc(Cl)cc1)C(=O)CN(c1cccc(Cl)c1Cl)S(C)(=O)=O. The van der Waals surface area contributed by atoms with Crippen LogP contribution in [0, 0.1) is 5.92 Å². The van der Waals surface area contributed by atoms with E-state index in [-0.39, 0.29) is 34.1 Å². The van der Waals surface area contributed by atoms with Crippen molar-refractivity contribution in [2.75, 3.05) is 23.7 Å². The van der Waals surface area contributed by atoms with Gasteiger partial charge in [0.1, 0.15) is 12.6 Å². The topological polar surface area (TPSA) is 86.8 Å². The van der Waals surface area contributed by atoms with Crippen molar-refractivity contribution in [3.8, 4) is 0 Å². The molecule has 0 aliphatic rings. The van der Waals surface area contributed by atoms with Crippen LogP contribution in [0.15, 0.2) is 42.5 Å². The van der Waals surface area contributed by atoms with E-state index in [2.05, 4.69) is 5.32 Å². The Hall–Kier alpha value is -2.00. The van der Waals surface area contributed by atoms with Crippen LogP contribution in [0.5, 0.6) is 0 Å². The van der Waals surface area contributed by atoms with Crippen LogP contribution in [-0.2, 0) is 26.2 Å². The summed E-state index contributed by atoms with van der Waals surface area (Å²) in [6, 6.07) is 10.5. The number of halogens is 3. The number of hydrogen-bond donors (Lipinski definition) is 1.